The van der Waals surface area contributed by atoms with Gasteiger partial charge in [0.25, 0.3) is 0 Å². The molecule has 0 aromatic heterocycles. The Bertz CT molecular complexity index is 653. The Morgan fingerprint density at radius 3 is 2.43 bits per heavy atom. The lowest BCUT2D eigenvalue weighted by molar-refractivity contribution is -0.137. The summed E-state index contributed by atoms with van der Waals surface area (Å²) >= 11 is 3.02. The summed E-state index contributed by atoms with van der Waals surface area (Å²) in [5.41, 5.74) is 0.281. The third-order valence-electron chi connectivity index (χ3n) is 3.01. The Labute approximate surface area is 128 Å². The quantitative estimate of drug-likeness (QED) is 0.709. The van der Waals surface area contributed by atoms with E-state index in [9.17, 15) is 17.6 Å². The highest BCUT2D eigenvalue weighted by atomic mass is 79.9. The highest BCUT2D eigenvalue weighted by molar-refractivity contribution is 9.10. The van der Waals surface area contributed by atoms with Gasteiger partial charge in [-0.1, -0.05) is 28.1 Å². The van der Waals surface area contributed by atoms with Crippen LogP contribution in [0.4, 0.5) is 23.2 Å². The molecule has 1 nitrogen and oxygen atoms in total. The predicted octanol–water partition coefficient (Wildman–Crippen LogP) is 5.53. The number of alkyl halides is 3. The van der Waals surface area contributed by atoms with Gasteiger partial charge in [-0.25, -0.2) is 4.39 Å². The summed E-state index contributed by atoms with van der Waals surface area (Å²) in [5, 5.41) is 2.70. The molecule has 0 aliphatic rings. The summed E-state index contributed by atoms with van der Waals surface area (Å²) < 4.78 is 52.6. The summed E-state index contributed by atoms with van der Waals surface area (Å²) in [7, 11) is 0. The van der Waals surface area contributed by atoms with E-state index >= 15 is 0 Å². The maximum absolute atomic E-state index is 13.4. The van der Waals surface area contributed by atoms with Crippen LogP contribution in [0.25, 0.3) is 0 Å². The Morgan fingerprint density at radius 1 is 1.10 bits per heavy atom. The number of hydrogen-bond acceptors (Lipinski definition) is 1. The van der Waals surface area contributed by atoms with Gasteiger partial charge in [0, 0.05) is 16.7 Å². The predicted molar refractivity (Wildman–Crippen MR) is 77.6 cm³/mol. The maximum atomic E-state index is 13.4. The molecular weight excluding hydrogens is 350 g/mol. The van der Waals surface area contributed by atoms with Crippen molar-refractivity contribution in [2.75, 3.05) is 5.32 Å². The van der Waals surface area contributed by atoms with E-state index in [-0.39, 0.29) is 18.0 Å². The van der Waals surface area contributed by atoms with Gasteiger partial charge in [0.1, 0.15) is 5.82 Å². The van der Waals surface area contributed by atoms with E-state index in [1.807, 2.05) is 0 Å². The lowest BCUT2D eigenvalue weighted by Gasteiger charge is -2.15. The standard InChI is InChI=1S/C15H12BrF4N/c1-9-2-3-10(6-13(9)17)8-21-14-5-4-11(16)7-12(14)15(18,19)20/h2-7,21H,8H2,1H3. The van der Waals surface area contributed by atoms with Crippen molar-refractivity contribution in [3.63, 3.8) is 0 Å². The summed E-state index contributed by atoms with van der Waals surface area (Å²) in [6.45, 7) is 1.74. The van der Waals surface area contributed by atoms with Crippen LogP contribution in [0.1, 0.15) is 16.7 Å². The molecule has 0 aliphatic heterocycles. The van der Waals surface area contributed by atoms with Crippen LogP contribution < -0.4 is 5.32 Å². The van der Waals surface area contributed by atoms with Gasteiger partial charge < -0.3 is 5.32 Å². The maximum Gasteiger partial charge on any atom is 0.418 e. The molecule has 1 N–H and O–H groups in total. The molecule has 2 rings (SSSR count). The topological polar surface area (TPSA) is 12.0 Å². The van der Waals surface area contributed by atoms with Gasteiger partial charge in [0.15, 0.2) is 0 Å². The van der Waals surface area contributed by atoms with Gasteiger partial charge in [-0.05, 0) is 42.3 Å². The third-order valence-corrected chi connectivity index (χ3v) is 3.50. The molecule has 0 bridgehead atoms. The van der Waals surface area contributed by atoms with Crippen LogP contribution in [0.2, 0.25) is 0 Å². The first-order valence-corrected chi connectivity index (χ1v) is 6.92. The Kier molecular flexibility index (Phi) is 4.56. The van der Waals surface area contributed by atoms with Crippen molar-refractivity contribution in [1.29, 1.82) is 0 Å². The van der Waals surface area contributed by atoms with Crippen LogP contribution in [0.15, 0.2) is 40.9 Å². The summed E-state index contributed by atoms with van der Waals surface area (Å²) in [5.74, 6) is -0.374. The molecule has 0 atom stereocenters. The highest BCUT2D eigenvalue weighted by Gasteiger charge is 2.33. The van der Waals surface area contributed by atoms with Crippen molar-refractivity contribution >= 4 is 21.6 Å². The molecule has 0 aliphatic carbocycles. The molecule has 0 saturated carbocycles. The Balaban J connectivity index is 2.22. The number of benzene rings is 2. The number of rotatable bonds is 3. The van der Waals surface area contributed by atoms with E-state index in [1.54, 1.807) is 19.1 Å². The smallest absolute Gasteiger partial charge is 0.380 e. The first-order chi connectivity index (χ1) is 9.77. The van der Waals surface area contributed by atoms with Gasteiger partial charge in [0.2, 0.25) is 0 Å². The normalized spacial score (nSPS) is 11.5. The van der Waals surface area contributed by atoms with Crippen LogP contribution in [0.3, 0.4) is 0 Å². The summed E-state index contributed by atoms with van der Waals surface area (Å²) in [4.78, 5) is 0. The molecule has 0 unspecified atom stereocenters. The molecule has 0 radical (unpaired) electrons. The van der Waals surface area contributed by atoms with Crippen LogP contribution in [0.5, 0.6) is 0 Å². The third kappa shape index (κ3) is 3.97. The number of aryl methyl sites for hydroxylation is 1. The molecule has 0 fully saturated rings. The molecule has 0 saturated heterocycles. The Morgan fingerprint density at radius 2 is 1.81 bits per heavy atom. The SMILES string of the molecule is Cc1ccc(CNc2ccc(Br)cc2C(F)(F)F)cc1F. The minimum Gasteiger partial charge on any atom is -0.380 e. The van der Waals surface area contributed by atoms with Gasteiger partial charge >= 0.3 is 6.18 Å². The lowest BCUT2D eigenvalue weighted by atomic mass is 10.1. The second-order valence-electron chi connectivity index (χ2n) is 4.62. The van der Waals surface area contributed by atoms with E-state index in [0.29, 0.717) is 15.6 Å². The Hall–Kier alpha value is -1.56. The molecule has 112 valence electrons. The largest absolute Gasteiger partial charge is 0.418 e. The molecule has 6 heteroatoms. The lowest BCUT2D eigenvalue weighted by Crippen LogP contribution is -2.11. The van der Waals surface area contributed by atoms with E-state index in [1.165, 1.54) is 18.2 Å². The molecule has 0 amide bonds. The first-order valence-electron chi connectivity index (χ1n) is 6.13. The van der Waals surface area contributed by atoms with Gasteiger partial charge in [-0.3, -0.25) is 0 Å². The monoisotopic (exact) mass is 361 g/mol. The van der Waals surface area contributed by atoms with Gasteiger partial charge in [0.05, 0.1) is 5.56 Å². The van der Waals surface area contributed by atoms with Gasteiger partial charge in [-0.15, -0.1) is 0 Å². The summed E-state index contributed by atoms with van der Waals surface area (Å²) in [6, 6.07) is 8.47. The van der Waals surface area contributed by atoms with Crippen molar-refractivity contribution < 1.29 is 17.6 Å². The molecule has 2 aromatic rings. The van der Waals surface area contributed by atoms with Crippen LogP contribution in [-0.4, -0.2) is 0 Å². The van der Waals surface area contributed by atoms with Crippen LogP contribution in [-0.2, 0) is 12.7 Å². The molecular formula is C15H12BrF4N. The second kappa shape index (κ2) is 6.05. The van der Waals surface area contributed by atoms with E-state index < -0.39 is 11.7 Å². The summed E-state index contributed by atoms with van der Waals surface area (Å²) in [6.07, 6.45) is -4.45. The molecule has 2 aromatic carbocycles. The second-order valence-corrected chi connectivity index (χ2v) is 5.54. The zero-order valence-corrected chi connectivity index (χ0v) is 12.6. The van der Waals surface area contributed by atoms with Crippen molar-refractivity contribution in [3.05, 3.63) is 63.4 Å². The minimum atomic E-state index is -4.45. The van der Waals surface area contributed by atoms with Crippen LogP contribution in [0, 0.1) is 12.7 Å². The number of halogens is 5. The number of hydrogen-bond donors (Lipinski definition) is 1. The fourth-order valence-electron chi connectivity index (χ4n) is 1.85. The minimum absolute atomic E-state index is 0.0355. The van der Waals surface area contributed by atoms with Crippen molar-refractivity contribution in [3.8, 4) is 0 Å². The van der Waals surface area contributed by atoms with Crippen molar-refractivity contribution in [1.82, 2.24) is 0 Å². The van der Waals surface area contributed by atoms with E-state index in [0.717, 1.165) is 6.07 Å². The molecule has 21 heavy (non-hydrogen) atoms. The van der Waals surface area contributed by atoms with Gasteiger partial charge in [-0.2, -0.15) is 13.2 Å². The molecule has 0 spiro atoms. The van der Waals surface area contributed by atoms with E-state index in [4.69, 9.17) is 0 Å². The van der Waals surface area contributed by atoms with Crippen molar-refractivity contribution in [2.24, 2.45) is 0 Å². The highest BCUT2D eigenvalue weighted by Crippen LogP contribution is 2.36. The van der Waals surface area contributed by atoms with E-state index in [2.05, 4.69) is 21.2 Å². The molecule has 0 heterocycles. The average molecular weight is 362 g/mol. The average Bonchev–Trinajstić information content (AvgIpc) is 2.40. The van der Waals surface area contributed by atoms with Crippen LogP contribution >= 0.6 is 15.9 Å². The van der Waals surface area contributed by atoms with Crippen molar-refractivity contribution in [2.45, 2.75) is 19.6 Å². The number of nitrogens with one attached hydrogen (secondary N) is 1. The zero-order valence-electron chi connectivity index (χ0n) is 11.1. The number of anilines is 1. The fraction of sp³-hybridized carbons (Fsp3) is 0.200. The first kappa shape index (κ1) is 15.8. The fourth-order valence-corrected chi connectivity index (χ4v) is 2.21. The zero-order chi connectivity index (χ0) is 15.6.